The van der Waals surface area contributed by atoms with Crippen molar-refractivity contribution in [3.8, 4) is 0 Å². The molecule has 1 aliphatic heterocycles. The van der Waals surface area contributed by atoms with Gasteiger partial charge in [-0.1, -0.05) is 60.1 Å². The molecule has 5 fully saturated rings. The Morgan fingerprint density at radius 2 is 1.65 bits per heavy atom. The van der Waals surface area contributed by atoms with Gasteiger partial charge < -0.3 is 20.1 Å². The summed E-state index contributed by atoms with van der Waals surface area (Å²) < 4.78 is 6.73. The number of ether oxygens (including phenoxy) is 1. The van der Waals surface area contributed by atoms with E-state index in [1.165, 1.54) is 18.4 Å². The van der Waals surface area contributed by atoms with Gasteiger partial charge in [-0.3, -0.25) is 0 Å². The topological polar surface area (TPSA) is 69.9 Å². The molecular weight excluding hydrogens is 424 g/mol. The first-order valence-electron chi connectivity index (χ1n) is 14.0. The van der Waals surface area contributed by atoms with Crippen molar-refractivity contribution >= 4 is 0 Å². The quantitative estimate of drug-likeness (QED) is 0.465. The predicted molar refractivity (Wildman–Crippen MR) is 133 cm³/mol. The van der Waals surface area contributed by atoms with Crippen LogP contribution in [-0.2, 0) is 4.74 Å². The Morgan fingerprint density at radius 3 is 2.32 bits per heavy atom. The van der Waals surface area contributed by atoms with Crippen LogP contribution >= 0.6 is 0 Å². The number of allylic oxidation sites excluding steroid dienone is 2. The highest BCUT2D eigenvalue weighted by Gasteiger charge is 2.75. The van der Waals surface area contributed by atoms with Gasteiger partial charge in [0.15, 0.2) is 0 Å². The van der Waals surface area contributed by atoms with Crippen LogP contribution in [0.4, 0.5) is 0 Å². The van der Waals surface area contributed by atoms with E-state index in [-0.39, 0.29) is 57.9 Å². The zero-order valence-electron chi connectivity index (χ0n) is 22.5. The van der Waals surface area contributed by atoms with Gasteiger partial charge in [0.2, 0.25) is 0 Å². The number of hydrogen-bond donors (Lipinski definition) is 3. The first-order valence-corrected chi connectivity index (χ1v) is 14.0. The summed E-state index contributed by atoms with van der Waals surface area (Å²) in [4.78, 5) is 0. The highest BCUT2D eigenvalue weighted by Crippen LogP contribution is 2.77. The molecule has 6 aliphatic rings. The van der Waals surface area contributed by atoms with Gasteiger partial charge in [0.1, 0.15) is 0 Å². The fourth-order valence-electron chi connectivity index (χ4n) is 11.4. The summed E-state index contributed by atoms with van der Waals surface area (Å²) in [6, 6.07) is 0. The molecule has 6 rings (SSSR count). The van der Waals surface area contributed by atoms with Gasteiger partial charge in [0.25, 0.3) is 0 Å². The second-order valence-corrected chi connectivity index (χ2v) is 15.4. The van der Waals surface area contributed by atoms with Crippen molar-refractivity contribution in [3.05, 3.63) is 11.6 Å². The van der Waals surface area contributed by atoms with E-state index in [1.807, 2.05) is 0 Å². The van der Waals surface area contributed by atoms with Crippen LogP contribution in [0.5, 0.6) is 0 Å². The van der Waals surface area contributed by atoms with Gasteiger partial charge in [-0.05, 0) is 89.8 Å². The van der Waals surface area contributed by atoms with E-state index >= 15 is 0 Å². The van der Waals surface area contributed by atoms with Crippen molar-refractivity contribution < 1.29 is 20.1 Å². The third kappa shape index (κ3) is 2.42. The van der Waals surface area contributed by atoms with Crippen LogP contribution in [0.15, 0.2) is 11.6 Å². The number of fused-ring (bicyclic) bond motifs is 7. The summed E-state index contributed by atoms with van der Waals surface area (Å²) in [5, 5.41) is 33.2. The van der Waals surface area contributed by atoms with Gasteiger partial charge in [0.05, 0.1) is 36.4 Å². The summed E-state index contributed by atoms with van der Waals surface area (Å²) in [7, 11) is 0. The molecule has 34 heavy (non-hydrogen) atoms. The van der Waals surface area contributed by atoms with Gasteiger partial charge in [0, 0.05) is 0 Å². The number of rotatable bonds is 1. The molecule has 1 saturated heterocycles. The molecule has 11 atom stereocenters. The van der Waals surface area contributed by atoms with Crippen LogP contribution in [0.2, 0.25) is 0 Å². The second kappa shape index (κ2) is 6.71. The summed E-state index contributed by atoms with van der Waals surface area (Å²) in [5.41, 5.74) is 1.21. The molecule has 1 heterocycles. The molecule has 0 unspecified atom stereocenters. The van der Waals surface area contributed by atoms with Crippen molar-refractivity contribution in [1.29, 1.82) is 0 Å². The predicted octanol–water partition coefficient (Wildman–Crippen LogP) is 5.10. The van der Waals surface area contributed by atoms with E-state index in [1.54, 1.807) is 0 Å². The van der Waals surface area contributed by atoms with E-state index < -0.39 is 11.5 Å². The van der Waals surface area contributed by atoms with E-state index in [2.05, 4.69) is 54.5 Å². The largest absolute Gasteiger partial charge is 0.396 e. The van der Waals surface area contributed by atoms with Crippen molar-refractivity contribution in [1.82, 2.24) is 0 Å². The van der Waals surface area contributed by atoms with Crippen LogP contribution in [0.25, 0.3) is 0 Å². The van der Waals surface area contributed by atoms with Crippen molar-refractivity contribution in [2.24, 2.45) is 50.2 Å². The SMILES string of the molecule is CC1(C)C[C@H]2C3=CC[C@@H]4[C@@]5(C)CC[C@H](O)C(C)(C)[C@@H]5CC[C@@]4(C)[C@]3(C)C[C@H]3O[C@@H]1[C@H](O)[C@]32CO. The van der Waals surface area contributed by atoms with Gasteiger partial charge in [-0.15, -0.1) is 0 Å². The monoisotopic (exact) mass is 472 g/mol. The second-order valence-electron chi connectivity index (χ2n) is 15.4. The minimum absolute atomic E-state index is 0.00708. The molecule has 4 nitrogen and oxygen atoms in total. The van der Waals surface area contributed by atoms with Crippen LogP contribution in [0, 0.1) is 50.2 Å². The van der Waals surface area contributed by atoms with E-state index in [4.69, 9.17) is 4.74 Å². The van der Waals surface area contributed by atoms with Crippen molar-refractivity contribution in [3.63, 3.8) is 0 Å². The molecule has 192 valence electrons. The van der Waals surface area contributed by atoms with Crippen LogP contribution < -0.4 is 0 Å². The van der Waals surface area contributed by atoms with E-state index in [9.17, 15) is 15.3 Å². The molecule has 0 aromatic heterocycles. The minimum atomic E-state index is -0.596. The third-order valence-corrected chi connectivity index (χ3v) is 13.6. The zero-order chi connectivity index (χ0) is 24.7. The Balaban J connectivity index is 1.48. The maximum atomic E-state index is 11.5. The average Bonchev–Trinajstić information content (AvgIpc) is 3.00. The first-order chi connectivity index (χ1) is 15.7. The molecule has 4 heteroatoms. The van der Waals surface area contributed by atoms with Gasteiger partial charge >= 0.3 is 0 Å². The summed E-state index contributed by atoms with van der Waals surface area (Å²) >= 11 is 0. The van der Waals surface area contributed by atoms with Crippen LogP contribution in [0.3, 0.4) is 0 Å². The summed E-state index contributed by atoms with van der Waals surface area (Å²) in [6.45, 7) is 16.7. The highest BCUT2D eigenvalue weighted by atomic mass is 16.5. The lowest BCUT2D eigenvalue weighted by Gasteiger charge is -2.71. The van der Waals surface area contributed by atoms with Gasteiger partial charge in [-0.25, -0.2) is 0 Å². The molecule has 0 radical (unpaired) electrons. The lowest BCUT2D eigenvalue weighted by atomic mass is 9.33. The maximum absolute atomic E-state index is 11.5. The van der Waals surface area contributed by atoms with Crippen LogP contribution in [0.1, 0.15) is 93.4 Å². The highest BCUT2D eigenvalue weighted by molar-refractivity contribution is 5.37. The lowest BCUT2D eigenvalue weighted by molar-refractivity contribution is -0.211. The Kier molecular flexibility index (Phi) is 4.73. The van der Waals surface area contributed by atoms with E-state index in [0.29, 0.717) is 11.8 Å². The molecule has 0 amide bonds. The molecule has 3 N–H and O–H groups in total. The Bertz CT molecular complexity index is 923. The number of aliphatic hydroxyl groups excluding tert-OH is 3. The molecule has 4 saturated carbocycles. The van der Waals surface area contributed by atoms with Gasteiger partial charge in [-0.2, -0.15) is 0 Å². The Hall–Kier alpha value is -0.420. The Labute approximate surface area is 206 Å². The molecule has 2 bridgehead atoms. The normalized spacial score (nSPS) is 58.9. The molecule has 0 aromatic rings. The number of aliphatic hydroxyl groups is 3. The molecular formula is C30H48O4. The smallest absolute Gasteiger partial charge is 0.0916 e. The molecule has 0 aromatic carbocycles. The third-order valence-electron chi connectivity index (χ3n) is 13.6. The number of hydrogen-bond acceptors (Lipinski definition) is 4. The standard InChI is InChI=1S/C30H48O4/c1-25(2)14-18-17-8-9-20-27(5)12-11-21(32)26(3,4)19(27)10-13-28(20,6)29(17,7)15-22-30(18,16-31)23(33)24(25)34-22/h8,18-24,31-33H,9-16H2,1-7H3/t18-,19-,20+,21-,22+,23-,24+,27-,28+,29+,30-/m0/s1. The van der Waals surface area contributed by atoms with Crippen LogP contribution in [-0.4, -0.2) is 46.3 Å². The van der Waals surface area contributed by atoms with Crippen molar-refractivity contribution in [2.75, 3.05) is 6.61 Å². The fraction of sp³-hybridized carbons (Fsp3) is 0.933. The van der Waals surface area contributed by atoms with Crippen molar-refractivity contribution in [2.45, 2.75) is 118 Å². The fourth-order valence-corrected chi connectivity index (χ4v) is 11.4. The minimum Gasteiger partial charge on any atom is -0.396 e. The lowest BCUT2D eigenvalue weighted by Crippen LogP contribution is -2.67. The zero-order valence-corrected chi connectivity index (χ0v) is 22.5. The Morgan fingerprint density at radius 1 is 0.941 bits per heavy atom. The average molecular weight is 473 g/mol. The van der Waals surface area contributed by atoms with E-state index in [0.717, 1.165) is 32.1 Å². The maximum Gasteiger partial charge on any atom is 0.0916 e. The summed E-state index contributed by atoms with van der Waals surface area (Å²) in [5.74, 6) is 1.30. The first kappa shape index (κ1) is 23.9. The summed E-state index contributed by atoms with van der Waals surface area (Å²) in [6.07, 6.45) is 8.84. The molecule has 5 aliphatic carbocycles. The molecule has 0 spiro atoms.